The van der Waals surface area contributed by atoms with Crippen molar-refractivity contribution in [1.29, 1.82) is 0 Å². The maximum absolute atomic E-state index is 12.4. The maximum atomic E-state index is 12.4. The molecule has 0 saturated carbocycles. The van der Waals surface area contributed by atoms with Gasteiger partial charge in [-0.2, -0.15) is 0 Å². The Morgan fingerprint density at radius 3 is 2.63 bits per heavy atom. The number of thiophene rings is 2. The van der Waals surface area contributed by atoms with Crippen LogP contribution >= 0.6 is 34.9 Å². The number of methoxy groups -OCH3 is 1. The molecule has 0 fully saturated rings. The standard InChI is InChI=1S/C18H17N3O3S3/c1-9-10(2)27-16(14(9)17(23)24-3)19-18(25)21-20-15(22)12-8-26-13-7-5-4-6-11(12)13/h4-8H,1-3H3,(H,20,22)(H2,19,21,25). The van der Waals surface area contributed by atoms with E-state index in [4.69, 9.17) is 17.0 Å². The van der Waals surface area contributed by atoms with E-state index in [9.17, 15) is 9.59 Å². The highest BCUT2D eigenvalue weighted by Crippen LogP contribution is 2.32. The minimum Gasteiger partial charge on any atom is -0.465 e. The molecule has 3 N–H and O–H groups in total. The molecular formula is C18H17N3O3S3. The van der Waals surface area contributed by atoms with Crippen molar-refractivity contribution in [1.82, 2.24) is 10.9 Å². The summed E-state index contributed by atoms with van der Waals surface area (Å²) in [5.74, 6) is -0.723. The van der Waals surface area contributed by atoms with Crippen LogP contribution in [0.3, 0.4) is 0 Å². The summed E-state index contributed by atoms with van der Waals surface area (Å²) in [4.78, 5) is 25.4. The number of hydrogen-bond donors (Lipinski definition) is 3. The summed E-state index contributed by atoms with van der Waals surface area (Å²) in [5.41, 5.74) is 7.12. The summed E-state index contributed by atoms with van der Waals surface area (Å²) < 4.78 is 5.87. The van der Waals surface area contributed by atoms with Crippen molar-refractivity contribution < 1.29 is 14.3 Å². The first kappa shape index (κ1) is 19.3. The van der Waals surface area contributed by atoms with Gasteiger partial charge in [0, 0.05) is 20.3 Å². The van der Waals surface area contributed by atoms with Crippen molar-refractivity contribution in [3.63, 3.8) is 0 Å². The van der Waals surface area contributed by atoms with E-state index >= 15 is 0 Å². The molecule has 3 aromatic rings. The third-order valence-corrected chi connectivity index (χ3v) is 6.31. The van der Waals surface area contributed by atoms with Crippen LogP contribution in [-0.2, 0) is 4.74 Å². The van der Waals surface area contributed by atoms with Gasteiger partial charge in [0.25, 0.3) is 5.91 Å². The quantitative estimate of drug-likeness (QED) is 0.338. The number of thiocarbonyl (C=S) groups is 1. The first-order chi connectivity index (χ1) is 12.9. The average molecular weight is 420 g/mol. The number of nitrogens with one attached hydrogen (secondary N) is 3. The van der Waals surface area contributed by atoms with Gasteiger partial charge < -0.3 is 10.1 Å². The zero-order valence-corrected chi connectivity index (χ0v) is 17.3. The lowest BCUT2D eigenvalue weighted by atomic mass is 10.1. The highest BCUT2D eigenvalue weighted by atomic mass is 32.1. The molecule has 27 heavy (non-hydrogen) atoms. The molecule has 0 unspecified atom stereocenters. The number of carbonyl (C=O) groups excluding carboxylic acids is 2. The number of aryl methyl sites for hydroxylation is 1. The Labute approximate surface area is 169 Å². The molecule has 0 aliphatic rings. The number of hydrogen-bond acceptors (Lipinski definition) is 6. The zero-order valence-electron chi connectivity index (χ0n) is 14.8. The van der Waals surface area contributed by atoms with Gasteiger partial charge in [0.1, 0.15) is 5.00 Å². The summed E-state index contributed by atoms with van der Waals surface area (Å²) >= 11 is 8.14. The van der Waals surface area contributed by atoms with E-state index < -0.39 is 5.97 Å². The van der Waals surface area contributed by atoms with E-state index in [1.807, 2.05) is 38.1 Å². The second-order valence-corrected chi connectivity index (χ2v) is 8.20. The van der Waals surface area contributed by atoms with E-state index in [0.717, 1.165) is 20.5 Å². The average Bonchev–Trinajstić information content (AvgIpc) is 3.20. The molecule has 9 heteroatoms. The predicted molar refractivity (Wildman–Crippen MR) is 114 cm³/mol. The van der Waals surface area contributed by atoms with E-state index in [1.165, 1.54) is 29.8 Å². The van der Waals surface area contributed by atoms with Crippen molar-refractivity contribution in [2.24, 2.45) is 0 Å². The van der Waals surface area contributed by atoms with Gasteiger partial charge in [-0.3, -0.25) is 15.6 Å². The number of benzene rings is 1. The van der Waals surface area contributed by atoms with E-state index in [2.05, 4.69) is 16.2 Å². The Balaban J connectivity index is 1.68. The van der Waals surface area contributed by atoms with Gasteiger partial charge >= 0.3 is 5.97 Å². The van der Waals surface area contributed by atoms with Gasteiger partial charge in [-0.15, -0.1) is 22.7 Å². The van der Waals surface area contributed by atoms with Gasteiger partial charge in [0.2, 0.25) is 0 Å². The van der Waals surface area contributed by atoms with Crippen LogP contribution in [0.25, 0.3) is 10.1 Å². The maximum Gasteiger partial charge on any atom is 0.341 e. The molecule has 0 saturated heterocycles. The third kappa shape index (κ3) is 3.95. The first-order valence-electron chi connectivity index (χ1n) is 7.94. The van der Waals surface area contributed by atoms with Crippen molar-refractivity contribution in [3.05, 3.63) is 51.2 Å². The summed E-state index contributed by atoms with van der Waals surface area (Å²) in [6.07, 6.45) is 0. The number of ether oxygens (including phenoxy) is 1. The van der Waals surface area contributed by atoms with Crippen molar-refractivity contribution in [2.45, 2.75) is 13.8 Å². The molecule has 0 bridgehead atoms. The molecule has 0 radical (unpaired) electrons. The molecule has 140 valence electrons. The lowest BCUT2D eigenvalue weighted by Crippen LogP contribution is -2.43. The number of anilines is 1. The monoisotopic (exact) mass is 419 g/mol. The predicted octanol–water partition coefficient (Wildman–Crippen LogP) is 4.00. The number of carbonyl (C=O) groups is 2. The molecular weight excluding hydrogens is 402 g/mol. The highest BCUT2D eigenvalue weighted by molar-refractivity contribution is 7.80. The summed E-state index contributed by atoms with van der Waals surface area (Å²) in [7, 11) is 1.33. The topological polar surface area (TPSA) is 79.5 Å². The minimum atomic E-state index is -0.434. The fourth-order valence-electron chi connectivity index (χ4n) is 2.53. The fourth-order valence-corrected chi connectivity index (χ4v) is 4.74. The summed E-state index contributed by atoms with van der Waals surface area (Å²) in [5, 5.41) is 6.39. The van der Waals surface area contributed by atoms with E-state index in [1.54, 1.807) is 5.38 Å². The summed E-state index contributed by atoms with van der Waals surface area (Å²) in [6.45, 7) is 3.76. The van der Waals surface area contributed by atoms with Crippen LogP contribution in [0.1, 0.15) is 31.2 Å². The van der Waals surface area contributed by atoms with Crippen LogP contribution in [-0.4, -0.2) is 24.1 Å². The van der Waals surface area contributed by atoms with Crippen LogP contribution in [0, 0.1) is 13.8 Å². The molecule has 6 nitrogen and oxygen atoms in total. The highest BCUT2D eigenvalue weighted by Gasteiger charge is 2.21. The molecule has 0 spiro atoms. The Bertz CT molecular complexity index is 1040. The van der Waals surface area contributed by atoms with Gasteiger partial charge in [-0.25, -0.2) is 4.79 Å². The molecule has 2 heterocycles. The lowest BCUT2D eigenvalue weighted by Gasteiger charge is -2.11. The van der Waals surface area contributed by atoms with Gasteiger partial charge in [-0.1, -0.05) is 18.2 Å². The van der Waals surface area contributed by atoms with Crippen LogP contribution in [0.4, 0.5) is 5.00 Å². The molecule has 1 aromatic carbocycles. The number of hydrazine groups is 1. The minimum absolute atomic E-state index is 0.175. The van der Waals surface area contributed by atoms with Crippen LogP contribution in [0.5, 0.6) is 0 Å². The third-order valence-electron chi connectivity index (χ3n) is 4.02. The molecule has 0 aliphatic carbocycles. The first-order valence-corrected chi connectivity index (χ1v) is 10.0. The van der Waals surface area contributed by atoms with Crippen LogP contribution in [0.2, 0.25) is 0 Å². The van der Waals surface area contributed by atoms with Gasteiger partial charge in [-0.05, 0) is 37.7 Å². The molecule has 3 rings (SSSR count). The fraction of sp³-hybridized carbons (Fsp3) is 0.167. The van der Waals surface area contributed by atoms with Gasteiger partial charge in [0.15, 0.2) is 5.11 Å². The summed E-state index contributed by atoms with van der Waals surface area (Å²) in [6, 6.07) is 7.69. The molecule has 1 amide bonds. The second kappa shape index (κ2) is 8.03. The van der Waals surface area contributed by atoms with Crippen LogP contribution in [0.15, 0.2) is 29.6 Å². The Morgan fingerprint density at radius 1 is 1.15 bits per heavy atom. The SMILES string of the molecule is COC(=O)c1c(NC(=S)NNC(=O)c2csc3ccccc23)sc(C)c1C. The number of rotatable bonds is 3. The zero-order chi connectivity index (χ0) is 19.6. The van der Waals surface area contributed by atoms with E-state index in [-0.39, 0.29) is 11.0 Å². The Kier molecular flexibility index (Phi) is 5.73. The Morgan fingerprint density at radius 2 is 1.89 bits per heavy atom. The van der Waals surface area contributed by atoms with Crippen molar-refractivity contribution in [2.75, 3.05) is 12.4 Å². The van der Waals surface area contributed by atoms with Crippen molar-refractivity contribution in [3.8, 4) is 0 Å². The number of fused-ring (bicyclic) bond motifs is 1. The largest absolute Gasteiger partial charge is 0.465 e. The van der Waals surface area contributed by atoms with Crippen LogP contribution < -0.4 is 16.2 Å². The molecule has 2 aromatic heterocycles. The molecule has 0 atom stereocenters. The Hall–Kier alpha value is -2.49. The van der Waals surface area contributed by atoms with E-state index in [0.29, 0.717) is 16.1 Å². The number of amides is 1. The second-order valence-electron chi connectivity index (χ2n) is 5.66. The van der Waals surface area contributed by atoms with Crippen molar-refractivity contribution >= 4 is 67.0 Å². The van der Waals surface area contributed by atoms with Gasteiger partial charge in [0.05, 0.1) is 18.2 Å². The lowest BCUT2D eigenvalue weighted by molar-refractivity contribution is 0.0601. The molecule has 0 aliphatic heterocycles. The number of esters is 1. The smallest absolute Gasteiger partial charge is 0.341 e. The normalized spacial score (nSPS) is 10.5.